The van der Waals surface area contributed by atoms with Gasteiger partial charge in [0.2, 0.25) is 11.8 Å². The van der Waals surface area contributed by atoms with Crippen LogP contribution in [0.15, 0.2) is 41.3 Å². The van der Waals surface area contributed by atoms with E-state index >= 15 is 0 Å². The molecule has 0 radical (unpaired) electrons. The molecule has 39 heavy (non-hydrogen) atoms. The van der Waals surface area contributed by atoms with Gasteiger partial charge in [0.15, 0.2) is 6.20 Å². The largest absolute Gasteiger partial charge is 0.368 e. The van der Waals surface area contributed by atoms with Gasteiger partial charge in [-0.15, -0.1) is 0 Å². The Morgan fingerprint density at radius 1 is 1.00 bits per heavy atom. The molecule has 0 bridgehead atoms. The van der Waals surface area contributed by atoms with Gasteiger partial charge in [-0.3, -0.25) is 28.9 Å². The first-order valence-electron chi connectivity index (χ1n) is 13.2. The lowest BCUT2D eigenvalue weighted by molar-refractivity contribution is -0.389. The van der Waals surface area contributed by atoms with Gasteiger partial charge in [-0.1, -0.05) is 6.07 Å². The van der Waals surface area contributed by atoms with E-state index in [0.717, 1.165) is 62.6 Å². The monoisotopic (exact) mass is 534 g/mol. The number of hydrogen-bond donors (Lipinski definition) is 1. The summed E-state index contributed by atoms with van der Waals surface area (Å²) in [6.07, 6.45) is 3.08. The number of aromatic nitrogens is 3. The Morgan fingerprint density at radius 3 is 2.49 bits per heavy atom. The molecule has 3 fully saturated rings. The van der Waals surface area contributed by atoms with Gasteiger partial charge < -0.3 is 19.9 Å². The molecule has 1 N–H and O–H groups in total. The van der Waals surface area contributed by atoms with Crippen molar-refractivity contribution >= 4 is 40.0 Å². The lowest BCUT2D eigenvalue weighted by atomic mass is 10.1. The molecule has 0 aliphatic carbocycles. The number of aryl methyl sites for hydroxylation is 1. The smallest absolute Gasteiger partial charge is 0.363 e. The lowest BCUT2D eigenvalue weighted by Gasteiger charge is -2.38. The minimum absolute atomic E-state index is 0.150. The maximum atomic E-state index is 13.3. The van der Waals surface area contributed by atoms with Gasteiger partial charge in [0.25, 0.3) is 0 Å². The van der Waals surface area contributed by atoms with Crippen LogP contribution in [0.1, 0.15) is 25.3 Å². The van der Waals surface area contributed by atoms with Gasteiger partial charge in [0.05, 0.1) is 22.4 Å². The first-order chi connectivity index (χ1) is 18.8. The average molecular weight is 535 g/mol. The number of imidazole rings is 1. The summed E-state index contributed by atoms with van der Waals surface area (Å²) in [4.78, 5) is 58.9. The highest BCUT2D eigenvalue weighted by Crippen LogP contribution is 2.32. The summed E-state index contributed by atoms with van der Waals surface area (Å²) >= 11 is 0. The lowest BCUT2D eigenvalue weighted by Crippen LogP contribution is -2.51. The van der Waals surface area contributed by atoms with E-state index in [1.54, 1.807) is 23.9 Å². The fourth-order valence-electron chi connectivity index (χ4n) is 6.18. The predicted molar refractivity (Wildman–Crippen MR) is 144 cm³/mol. The molecule has 3 aliphatic heterocycles. The van der Waals surface area contributed by atoms with Gasteiger partial charge >= 0.3 is 11.5 Å². The second-order valence-corrected chi connectivity index (χ2v) is 10.4. The number of carbonyl (C=O) groups excluding carboxylic acids is 2. The molecule has 2 aromatic heterocycles. The number of pyridine rings is 1. The van der Waals surface area contributed by atoms with Crippen LogP contribution in [0.25, 0.3) is 11.0 Å². The van der Waals surface area contributed by atoms with Crippen LogP contribution in [0.4, 0.5) is 17.2 Å². The van der Waals surface area contributed by atoms with E-state index < -0.39 is 16.9 Å². The Hall–Kier alpha value is -4.26. The number of nitro groups is 1. The summed E-state index contributed by atoms with van der Waals surface area (Å²) in [5, 5.41) is 13.3. The van der Waals surface area contributed by atoms with Crippen molar-refractivity contribution in [3.8, 4) is 0 Å². The van der Waals surface area contributed by atoms with Crippen molar-refractivity contribution in [3.63, 3.8) is 0 Å². The minimum atomic E-state index is -0.706. The number of rotatable bonds is 5. The fraction of sp³-hybridized carbons (Fsp3) is 0.462. The minimum Gasteiger partial charge on any atom is -0.368 e. The first-order valence-corrected chi connectivity index (χ1v) is 13.2. The SMILES string of the molecule is Cn1c(=O)n(C2CCC(=O)NC2=O)c2cccc(N3CC[C@@H](N4CCN(c5ccc([N+](=O)[O-])nc5)CC4)C3)c21. The van der Waals surface area contributed by atoms with Crippen LogP contribution in [0, 0.1) is 10.1 Å². The molecule has 3 aliphatic rings. The molecule has 5 heterocycles. The highest BCUT2D eigenvalue weighted by atomic mass is 16.6. The number of nitrogens with zero attached hydrogens (tertiary/aromatic N) is 7. The maximum absolute atomic E-state index is 13.3. The van der Waals surface area contributed by atoms with Crippen molar-refractivity contribution < 1.29 is 14.5 Å². The summed E-state index contributed by atoms with van der Waals surface area (Å²) in [6, 6.07) is 8.67. The Labute approximate surface area is 223 Å². The zero-order valence-corrected chi connectivity index (χ0v) is 21.7. The highest BCUT2D eigenvalue weighted by Gasteiger charge is 2.34. The van der Waals surface area contributed by atoms with Gasteiger partial charge in [-0.05, 0) is 40.9 Å². The number of piperidine rings is 1. The summed E-state index contributed by atoms with van der Waals surface area (Å²) in [6.45, 7) is 5.07. The zero-order valence-electron chi connectivity index (χ0n) is 21.7. The maximum Gasteiger partial charge on any atom is 0.363 e. The van der Waals surface area contributed by atoms with Crippen LogP contribution in [0.3, 0.4) is 0 Å². The van der Waals surface area contributed by atoms with E-state index in [2.05, 4.69) is 25.0 Å². The van der Waals surface area contributed by atoms with E-state index in [4.69, 9.17) is 0 Å². The van der Waals surface area contributed by atoms with Crippen LogP contribution in [0.5, 0.6) is 0 Å². The molecule has 204 valence electrons. The quantitative estimate of drug-likeness (QED) is 0.289. The number of carbonyl (C=O) groups is 2. The molecule has 13 heteroatoms. The first kappa shape index (κ1) is 25.0. The third-order valence-corrected chi connectivity index (χ3v) is 8.22. The second-order valence-electron chi connectivity index (χ2n) is 10.4. The summed E-state index contributed by atoms with van der Waals surface area (Å²) in [7, 11) is 1.73. The Kier molecular flexibility index (Phi) is 6.29. The molecule has 0 saturated carbocycles. The molecule has 2 atom stereocenters. The van der Waals surface area contributed by atoms with Crippen LogP contribution in [-0.4, -0.2) is 81.1 Å². The van der Waals surface area contributed by atoms with Crippen molar-refractivity contribution in [2.24, 2.45) is 7.05 Å². The van der Waals surface area contributed by atoms with Crippen LogP contribution >= 0.6 is 0 Å². The number of para-hydroxylation sites is 1. The Bertz CT molecular complexity index is 1510. The van der Waals surface area contributed by atoms with Crippen molar-refractivity contribution in [1.82, 2.24) is 24.3 Å². The molecule has 1 unspecified atom stereocenters. The topological polar surface area (TPSA) is 139 Å². The number of anilines is 2. The molecule has 6 rings (SSSR count). The highest BCUT2D eigenvalue weighted by molar-refractivity contribution is 6.00. The van der Waals surface area contributed by atoms with Crippen molar-refractivity contribution in [1.29, 1.82) is 0 Å². The molecular formula is C26H30N8O5. The van der Waals surface area contributed by atoms with Crippen molar-refractivity contribution in [3.05, 3.63) is 57.1 Å². The molecule has 2 amide bonds. The molecular weight excluding hydrogens is 504 g/mol. The molecule has 3 saturated heterocycles. The number of imide groups is 1. The Morgan fingerprint density at radius 2 is 1.79 bits per heavy atom. The van der Waals surface area contributed by atoms with E-state index in [0.29, 0.717) is 18.0 Å². The van der Waals surface area contributed by atoms with E-state index in [-0.39, 0.29) is 23.8 Å². The number of fused-ring (bicyclic) bond motifs is 1. The van der Waals surface area contributed by atoms with Crippen molar-refractivity contribution in [2.45, 2.75) is 31.3 Å². The second kappa shape index (κ2) is 9.80. The number of piperazine rings is 1. The summed E-state index contributed by atoms with van der Waals surface area (Å²) in [5.41, 5.74) is 3.09. The third kappa shape index (κ3) is 4.42. The number of hydrogen-bond acceptors (Lipinski definition) is 9. The number of nitrogens with one attached hydrogen (secondary N) is 1. The third-order valence-electron chi connectivity index (χ3n) is 8.22. The molecule has 13 nitrogen and oxygen atoms in total. The van der Waals surface area contributed by atoms with Gasteiger partial charge in [-0.2, -0.15) is 0 Å². The van der Waals surface area contributed by atoms with Crippen molar-refractivity contribution in [2.75, 3.05) is 49.1 Å². The fourth-order valence-corrected chi connectivity index (χ4v) is 6.18. The van der Waals surface area contributed by atoms with E-state index in [1.807, 2.05) is 18.2 Å². The molecule has 0 spiro atoms. The average Bonchev–Trinajstić information content (AvgIpc) is 3.53. The number of benzene rings is 1. The normalized spacial score (nSPS) is 22.5. The van der Waals surface area contributed by atoms with Crippen LogP contribution in [-0.2, 0) is 16.6 Å². The van der Waals surface area contributed by atoms with Crippen LogP contribution < -0.4 is 20.8 Å². The van der Waals surface area contributed by atoms with Gasteiger partial charge in [0.1, 0.15) is 6.04 Å². The predicted octanol–water partition coefficient (Wildman–Crippen LogP) is 1.02. The zero-order chi connectivity index (χ0) is 27.3. The van der Waals surface area contributed by atoms with Crippen LogP contribution in [0.2, 0.25) is 0 Å². The number of amides is 2. The standard InChI is InChI=1S/C26H30N8O5/c1-29-24-19(3-2-4-20(24)33(26(29)37)21-6-8-23(35)28-25(21)36)32-10-9-18(16-32)31-13-11-30(12-14-31)17-5-7-22(27-15-17)34(38)39/h2-5,7,15,18,21H,6,8-14,16H2,1H3,(H,28,35,36)/t18-,21?/m1/s1. The summed E-state index contributed by atoms with van der Waals surface area (Å²) < 4.78 is 3.14. The molecule has 1 aromatic carbocycles. The van der Waals surface area contributed by atoms with E-state index in [9.17, 15) is 24.5 Å². The van der Waals surface area contributed by atoms with E-state index in [1.165, 1.54) is 10.6 Å². The molecule has 3 aromatic rings. The Balaban J connectivity index is 1.17. The summed E-state index contributed by atoms with van der Waals surface area (Å²) in [5.74, 6) is -0.891. The van der Waals surface area contributed by atoms with Gasteiger partial charge in [-0.25, -0.2) is 4.79 Å². The van der Waals surface area contributed by atoms with Gasteiger partial charge in [0, 0.05) is 64.8 Å².